The summed E-state index contributed by atoms with van der Waals surface area (Å²) in [6.45, 7) is 1.28. The van der Waals surface area contributed by atoms with Crippen molar-refractivity contribution in [3.63, 3.8) is 0 Å². The Hall–Kier alpha value is -2.54. The van der Waals surface area contributed by atoms with Crippen LogP contribution in [-0.2, 0) is 9.59 Å². The lowest BCUT2D eigenvalue weighted by Crippen LogP contribution is -2.30. The van der Waals surface area contributed by atoms with Gasteiger partial charge in [-0.2, -0.15) is 0 Å². The average molecular weight is 318 g/mol. The SMILES string of the molecule is CC(=O)C1=C(O)C(=O)N(c2nccs2)[C@H]1c1ccc(F)cc1. The monoisotopic (exact) mass is 318 g/mol. The summed E-state index contributed by atoms with van der Waals surface area (Å²) in [6.07, 6.45) is 1.53. The predicted molar refractivity (Wildman–Crippen MR) is 79.1 cm³/mol. The predicted octanol–water partition coefficient (Wildman–Crippen LogP) is 2.77. The van der Waals surface area contributed by atoms with Crippen molar-refractivity contribution in [1.82, 2.24) is 4.98 Å². The van der Waals surface area contributed by atoms with Gasteiger partial charge in [0.15, 0.2) is 16.7 Å². The molecule has 0 radical (unpaired) electrons. The second-order valence-electron chi connectivity index (χ2n) is 4.76. The highest BCUT2D eigenvalue weighted by molar-refractivity contribution is 7.13. The molecule has 1 aliphatic heterocycles. The van der Waals surface area contributed by atoms with Gasteiger partial charge < -0.3 is 5.11 Å². The minimum Gasteiger partial charge on any atom is -0.503 e. The Balaban J connectivity index is 2.16. The van der Waals surface area contributed by atoms with Crippen LogP contribution in [0.2, 0.25) is 0 Å². The first-order valence-corrected chi connectivity index (χ1v) is 7.31. The van der Waals surface area contributed by atoms with E-state index in [1.165, 1.54) is 53.6 Å². The van der Waals surface area contributed by atoms with Gasteiger partial charge in [0.1, 0.15) is 5.82 Å². The first-order chi connectivity index (χ1) is 10.5. The van der Waals surface area contributed by atoms with Crippen molar-refractivity contribution in [2.45, 2.75) is 13.0 Å². The number of anilines is 1. The van der Waals surface area contributed by atoms with Crippen molar-refractivity contribution in [1.29, 1.82) is 0 Å². The molecular weight excluding hydrogens is 307 g/mol. The molecule has 0 saturated heterocycles. The molecule has 0 spiro atoms. The minimum atomic E-state index is -0.809. The van der Waals surface area contributed by atoms with E-state index in [0.29, 0.717) is 10.7 Å². The van der Waals surface area contributed by atoms with Crippen LogP contribution in [0.15, 0.2) is 47.2 Å². The Bertz CT molecular complexity index is 769. The molecule has 2 aromatic rings. The van der Waals surface area contributed by atoms with Gasteiger partial charge in [0.25, 0.3) is 5.91 Å². The zero-order valence-corrected chi connectivity index (χ0v) is 12.3. The van der Waals surface area contributed by atoms with Gasteiger partial charge >= 0.3 is 0 Å². The topological polar surface area (TPSA) is 70.5 Å². The van der Waals surface area contributed by atoms with Crippen molar-refractivity contribution in [3.8, 4) is 0 Å². The molecule has 0 fully saturated rings. The first-order valence-electron chi connectivity index (χ1n) is 6.43. The van der Waals surface area contributed by atoms with Crippen LogP contribution >= 0.6 is 11.3 Å². The number of benzene rings is 1. The Morgan fingerprint density at radius 2 is 2.05 bits per heavy atom. The second-order valence-corrected chi connectivity index (χ2v) is 5.64. The summed E-state index contributed by atoms with van der Waals surface area (Å²) in [6, 6.07) is 4.64. The molecule has 0 aliphatic carbocycles. The number of nitrogens with zero attached hydrogens (tertiary/aromatic N) is 2. The van der Waals surface area contributed by atoms with E-state index in [4.69, 9.17) is 0 Å². The Morgan fingerprint density at radius 3 is 2.59 bits per heavy atom. The lowest BCUT2D eigenvalue weighted by molar-refractivity contribution is -0.117. The molecule has 0 unspecified atom stereocenters. The number of hydrogen-bond acceptors (Lipinski definition) is 5. The molecule has 1 aromatic heterocycles. The average Bonchev–Trinajstić information content (AvgIpc) is 3.08. The molecule has 3 rings (SSSR count). The Morgan fingerprint density at radius 1 is 1.36 bits per heavy atom. The van der Waals surface area contributed by atoms with Gasteiger partial charge in [-0.15, -0.1) is 11.3 Å². The van der Waals surface area contributed by atoms with Crippen LogP contribution < -0.4 is 4.90 Å². The summed E-state index contributed by atoms with van der Waals surface area (Å²) < 4.78 is 13.1. The zero-order valence-electron chi connectivity index (χ0n) is 11.5. The fourth-order valence-electron chi connectivity index (χ4n) is 2.46. The molecule has 22 heavy (non-hydrogen) atoms. The van der Waals surface area contributed by atoms with Crippen molar-refractivity contribution in [2.24, 2.45) is 0 Å². The van der Waals surface area contributed by atoms with Gasteiger partial charge in [-0.3, -0.25) is 14.5 Å². The molecule has 0 bridgehead atoms. The summed E-state index contributed by atoms with van der Waals surface area (Å²) in [5.74, 6) is -2.11. The normalized spacial score (nSPS) is 18.2. The van der Waals surface area contributed by atoms with E-state index < -0.39 is 29.3 Å². The van der Waals surface area contributed by atoms with Gasteiger partial charge in [0.2, 0.25) is 0 Å². The van der Waals surface area contributed by atoms with Crippen LogP contribution in [0.25, 0.3) is 0 Å². The molecule has 112 valence electrons. The maximum atomic E-state index is 13.1. The van der Waals surface area contributed by atoms with Gasteiger partial charge in [-0.1, -0.05) is 12.1 Å². The quantitative estimate of drug-likeness (QED) is 0.944. The molecular formula is C15H11FN2O3S. The van der Waals surface area contributed by atoms with Gasteiger partial charge in [0.05, 0.1) is 11.6 Å². The number of aliphatic hydroxyl groups excluding tert-OH is 1. The number of rotatable bonds is 3. The third-order valence-corrected chi connectivity index (χ3v) is 4.17. The molecule has 1 N–H and O–H groups in total. The van der Waals surface area contributed by atoms with Crippen LogP contribution in [0.4, 0.5) is 9.52 Å². The van der Waals surface area contributed by atoms with Crippen LogP contribution in [-0.4, -0.2) is 21.8 Å². The van der Waals surface area contributed by atoms with Crippen LogP contribution in [0.5, 0.6) is 0 Å². The number of Topliss-reactive ketones (excluding diaryl/α,β-unsaturated/α-hetero) is 1. The van der Waals surface area contributed by atoms with Gasteiger partial charge in [-0.25, -0.2) is 9.37 Å². The Labute approximate surface area is 129 Å². The lowest BCUT2D eigenvalue weighted by atomic mass is 9.97. The third-order valence-electron chi connectivity index (χ3n) is 3.40. The third kappa shape index (κ3) is 2.19. The number of ketones is 1. The van der Waals surface area contributed by atoms with E-state index in [-0.39, 0.29) is 5.57 Å². The number of halogens is 1. The van der Waals surface area contributed by atoms with E-state index in [9.17, 15) is 19.1 Å². The maximum Gasteiger partial charge on any atom is 0.296 e. The first kappa shape index (κ1) is 14.4. The van der Waals surface area contributed by atoms with Gasteiger partial charge in [0, 0.05) is 11.6 Å². The number of hydrogen-bond donors (Lipinski definition) is 1. The number of amides is 1. The largest absolute Gasteiger partial charge is 0.503 e. The van der Waals surface area contributed by atoms with E-state index in [0.717, 1.165) is 0 Å². The van der Waals surface area contributed by atoms with Crippen LogP contribution in [0, 0.1) is 5.82 Å². The molecule has 1 atom stereocenters. The van der Waals surface area contributed by atoms with Crippen LogP contribution in [0.1, 0.15) is 18.5 Å². The van der Waals surface area contributed by atoms with Crippen molar-refractivity contribution < 1.29 is 19.1 Å². The summed E-state index contributed by atoms with van der Waals surface area (Å²) in [5.41, 5.74) is 0.519. The van der Waals surface area contributed by atoms with E-state index in [1.807, 2.05) is 0 Å². The summed E-state index contributed by atoms with van der Waals surface area (Å²) >= 11 is 1.21. The summed E-state index contributed by atoms with van der Waals surface area (Å²) in [5, 5.41) is 12.1. The standard InChI is InChI=1S/C15H11FN2O3S/c1-8(19)11-12(9-2-4-10(16)5-3-9)18(14(21)13(11)20)15-17-6-7-22-15/h2-7,12,20H,1H3/t12-/m0/s1. The fraction of sp³-hybridized carbons (Fsp3) is 0.133. The van der Waals surface area contributed by atoms with Crippen LogP contribution in [0.3, 0.4) is 0 Å². The molecule has 0 saturated carbocycles. The smallest absolute Gasteiger partial charge is 0.296 e. The molecule has 1 aromatic carbocycles. The van der Waals surface area contributed by atoms with Gasteiger partial charge in [-0.05, 0) is 24.6 Å². The number of aliphatic hydroxyl groups is 1. The highest BCUT2D eigenvalue weighted by Gasteiger charge is 2.44. The zero-order chi connectivity index (χ0) is 15.9. The van der Waals surface area contributed by atoms with E-state index >= 15 is 0 Å². The highest BCUT2D eigenvalue weighted by Crippen LogP contribution is 2.41. The highest BCUT2D eigenvalue weighted by atomic mass is 32.1. The lowest BCUT2D eigenvalue weighted by Gasteiger charge is -2.24. The van der Waals surface area contributed by atoms with E-state index in [2.05, 4.69) is 4.98 Å². The second kappa shape index (κ2) is 5.34. The summed E-state index contributed by atoms with van der Waals surface area (Å²) in [7, 11) is 0. The van der Waals surface area contributed by atoms with E-state index in [1.54, 1.807) is 5.38 Å². The molecule has 7 heteroatoms. The van der Waals surface area contributed by atoms with Crippen molar-refractivity contribution in [2.75, 3.05) is 4.90 Å². The number of carbonyl (C=O) groups excluding carboxylic acids is 2. The number of aromatic nitrogens is 1. The maximum absolute atomic E-state index is 13.1. The van der Waals surface area contributed by atoms with Crippen molar-refractivity contribution >= 4 is 28.2 Å². The molecule has 1 amide bonds. The molecule has 5 nitrogen and oxygen atoms in total. The summed E-state index contributed by atoms with van der Waals surface area (Å²) in [4.78, 5) is 29.5. The molecule has 2 heterocycles. The number of thiazole rings is 1. The Kier molecular flexibility index (Phi) is 3.50. The molecule has 1 aliphatic rings. The minimum absolute atomic E-state index is 0.00759. The number of carbonyl (C=O) groups is 2. The van der Waals surface area contributed by atoms with Crippen molar-refractivity contribution in [3.05, 3.63) is 58.6 Å². The fourth-order valence-corrected chi connectivity index (χ4v) is 3.12.